The second kappa shape index (κ2) is 5.38. The molecular weight excluding hydrogens is 325 g/mol. The van der Waals surface area contributed by atoms with Crippen LogP contribution in [0.1, 0.15) is 10.4 Å². The van der Waals surface area contributed by atoms with Crippen molar-refractivity contribution in [2.75, 3.05) is 5.32 Å². The summed E-state index contributed by atoms with van der Waals surface area (Å²) in [6.45, 7) is 2.56. The van der Waals surface area contributed by atoms with E-state index in [0.29, 0.717) is 6.54 Å². The molecule has 0 radical (unpaired) electrons. The van der Waals surface area contributed by atoms with E-state index in [1.165, 1.54) is 23.5 Å². The molecule has 0 aliphatic carbocycles. The molecule has 1 nitrogen and oxygen atoms in total. The van der Waals surface area contributed by atoms with E-state index in [2.05, 4.69) is 21.2 Å². The quantitative estimate of drug-likeness (QED) is 0.811. The van der Waals surface area contributed by atoms with Gasteiger partial charge in [0.25, 0.3) is 0 Å². The molecule has 5 heteroatoms. The Morgan fingerprint density at radius 2 is 2.18 bits per heavy atom. The topological polar surface area (TPSA) is 12.0 Å². The van der Waals surface area contributed by atoms with Crippen molar-refractivity contribution < 1.29 is 4.39 Å². The van der Waals surface area contributed by atoms with Gasteiger partial charge in [-0.25, -0.2) is 4.39 Å². The van der Waals surface area contributed by atoms with E-state index >= 15 is 0 Å². The number of aryl methyl sites for hydroxylation is 1. The zero-order valence-electron chi connectivity index (χ0n) is 9.06. The molecule has 1 heterocycles. The van der Waals surface area contributed by atoms with Gasteiger partial charge in [0.05, 0.1) is 0 Å². The van der Waals surface area contributed by atoms with E-state index in [1.54, 1.807) is 6.07 Å². The van der Waals surface area contributed by atoms with Crippen molar-refractivity contribution in [3.05, 3.63) is 49.3 Å². The molecule has 0 saturated carbocycles. The van der Waals surface area contributed by atoms with Crippen LogP contribution in [0.2, 0.25) is 4.34 Å². The lowest BCUT2D eigenvalue weighted by Gasteiger charge is -2.08. The summed E-state index contributed by atoms with van der Waals surface area (Å²) in [5.74, 6) is -0.213. The van der Waals surface area contributed by atoms with Crippen LogP contribution in [0.5, 0.6) is 0 Å². The molecule has 0 saturated heterocycles. The minimum Gasteiger partial charge on any atom is -0.380 e. The molecule has 0 amide bonds. The zero-order chi connectivity index (χ0) is 12.4. The van der Waals surface area contributed by atoms with Gasteiger partial charge in [0.15, 0.2) is 0 Å². The lowest BCUT2D eigenvalue weighted by molar-refractivity contribution is 0.627. The number of halogens is 3. The summed E-state index contributed by atoms with van der Waals surface area (Å²) in [6, 6.07) is 6.69. The third-order valence-electron chi connectivity index (χ3n) is 2.34. The van der Waals surface area contributed by atoms with Gasteiger partial charge in [0.1, 0.15) is 10.2 Å². The first kappa shape index (κ1) is 12.9. The Morgan fingerprint density at radius 1 is 1.41 bits per heavy atom. The van der Waals surface area contributed by atoms with Gasteiger partial charge in [-0.15, -0.1) is 11.3 Å². The monoisotopic (exact) mass is 333 g/mol. The van der Waals surface area contributed by atoms with Crippen LogP contribution in [-0.2, 0) is 6.54 Å². The molecule has 0 fully saturated rings. The maximum absolute atomic E-state index is 12.9. The molecule has 1 aromatic heterocycles. The molecule has 0 spiro atoms. The van der Waals surface area contributed by atoms with E-state index in [0.717, 1.165) is 24.9 Å². The van der Waals surface area contributed by atoms with Gasteiger partial charge in [0.2, 0.25) is 0 Å². The van der Waals surface area contributed by atoms with Crippen LogP contribution >= 0.6 is 38.9 Å². The number of anilines is 1. The van der Waals surface area contributed by atoms with E-state index in [-0.39, 0.29) is 5.82 Å². The standard InChI is InChI=1S/C12H10BrClFNS/c1-7-4-8(15)2-3-11(7)16-6-9-5-10(13)12(14)17-9/h2-5,16H,6H2,1H3. The molecule has 0 aliphatic heterocycles. The Kier molecular flexibility index (Phi) is 4.07. The molecule has 0 bridgehead atoms. The maximum Gasteiger partial charge on any atom is 0.123 e. The second-order valence-electron chi connectivity index (χ2n) is 3.65. The minimum absolute atomic E-state index is 0.213. The fourth-order valence-corrected chi connectivity index (χ4v) is 3.22. The predicted molar refractivity (Wildman–Crippen MR) is 75.5 cm³/mol. The number of hydrogen-bond donors (Lipinski definition) is 1. The molecule has 17 heavy (non-hydrogen) atoms. The van der Waals surface area contributed by atoms with Crippen molar-refractivity contribution in [3.8, 4) is 0 Å². The minimum atomic E-state index is -0.213. The largest absolute Gasteiger partial charge is 0.380 e. The smallest absolute Gasteiger partial charge is 0.123 e. The summed E-state index contributed by atoms with van der Waals surface area (Å²) >= 11 is 10.8. The first-order valence-electron chi connectivity index (χ1n) is 5.00. The van der Waals surface area contributed by atoms with Gasteiger partial charge in [-0.3, -0.25) is 0 Å². The predicted octanol–water partition coefficient (Wildman–Crippen LogP) is 5.22. The van der Waals surface area contributed by atoms with Crippen molar-refractivity contribution >= 4 is 44.6 Å². The van der Waals surface area contributed by atoms with E-state index in [9.17, 15) is 4.39 Å². The maximum atomic E-state index is 12.9. The Labute approximate surface area is 117 Å². The molecule has 1 N–H and O–H groups in total. The van der Waals surface area contributed by atoms with Crippen molar-refractivity contribution in [1.29, 1.82) is 0 Å². The number of rotatable bonds is 3. The van der Waals surface area contributed by atoms with Gasteiger partial charge < -0.3 is 5.32 Å². The highest BCUT2D eigenvalue weighted by Crippen LogP contribution is 2.32. The SMILES string of the molecule is Cc1cc(F)ccc1NCc1cc(Br)c(Cl)s1. The lowest BCUT2D eigenvalue weighted by atomic mass is 10.2. The van der Waals surface area contributed by atoms with Crippen LogP contribution in [0.25, 0.3) is 0 Å². The van der Waals surface area contributed by atoms with Gasteiger partial charge >= 0.3 is 0 Å². The highest BCUT2D eigenvalue weighted by molar-refractivity contribution is 9.10. The lowest BCUT2D eigenvalue weighted by Crippen LogP contribution is -1.99. The van der Waals surface area contributed by atoms with Gasteiger partial charge in [0, 0.05) is 21.6 Å². The van der Waals surface area contributed by atoms with Crippen LogP contribution < -0.4 is 5.32 Å². The number of nitrogens with one attached hydrogen (secondary N) is 1. The van der Waals surface area contributed by atoms with Crippen LogP contribution in [0.3, 0.4) is 0 Å². The highest BCUT2D eigenvalue weighted by Gasteiger charge is 2.05. The Hall–Kier alpha value is -0.580. The van der Waals surface area contributed by atoms with Crippen LogP contribution in [-0.4, -0.2) is 0 Å². The third kappa shape index (κ3) is 3.21. The third-order valence-corrected chi connectivity index (χ3v) is 4.81. The Morgan fingerprint density at radius 3 is 2.76 bits per heavy atom. The number of benzene rings is 1. The van der Waals surface area contributed by atoms with Crippen LogP contribution in [0.4, 0.5) is 10.1 Å². The molecule has 0 unspecified atom stereocenters. The molecule has 90 valence electrons. The van der Waals surface area contributed by atoms with Gasteiger partial charge in [-0.2, -0.15) is 0 Å². The van der Waals surface area contributed by atoms with Gasteiger partial charge in [-0.1, -0.05) is 11.6 Å². The average molecular weight is 335 g/mol. The van der Waals surface area contributed by atoms with Crippen LogP contribution in [0, 0.1) is 12.7 Å². The second-order valence-corrected chi connectivity index (χ2v) is 6.24. The molecule has 2 aromatic rings. The first-order chi connectivity index (χ1) is 8.06. The van der Waals surface area contributed by atoms with Crippen molar-refractivity contribution in [2.45, 2.75) is 13.5 Å². The van der Waals surface area contributed by atoms with Crippen molar-refractivity contribution in [1.82, 2.24) is 0 Å². The molecule has 1 aromatic carbocycles. The summed E-state index contributed by atoms with van der Waals surface area (Å²) in [5.41, 5.74) is 1.83. The van der Waals surface area contributed by atoms with E-state index in [4.69, 9.17) is 11.6 Å². The van der Waals surface area contributed by atoms with Crippen LogP contribution in [0.15, 0.2) is 28.7 Å². The van der Waals surface area contributed by atoms with E-state index in [1.807, 2.05) is 13.0 Å². The molecule has 0 atom stereocenters. The summed E-state index contributed by atoms with van der Waals surface area (Å²) in [7, 11) is 0. The van der Waals surface area contributed by atoms with Gasteiger partial charge in [-0.05, 0) is 52.7 Å². The normalized spacial score (nSPS) is 10.6. The summed E-state index contributed by atoms with van der Waals surface area (Å²) in [6.07, 6.45) is 0. The van der Waals surface area contributed by atoms with Crippen molar-refractivity contribution in [3.63, 3.8) is 0 Å². The average Bonchev–Trinajstić information content (AvgIpc) is 2.57. The highest BCUT2D eigenvalue weighted by atomic mass is 79.9. The number of thiophene rings is 1. The summed E-state index contributed by atoms with van der Waals surface area (Å²) < 4.78 is 14.6. The fourth-order valence-electron chi connectivity index (χ4n) is 1.49. The van der Waals surface area contributed by atoms with Crippen molar-refractivity contribution in [2.24, 2.45) is 0 Å². The van der Waals surface area contributed by atoms with E-state index < -0.39 is 0 Å². The Balaban J connectivity index is 2.07. The first-order valence-corrected chi connectivity index (χ1v) is 6.99. The summed E-state index contributed by atoms with van der Waals surface area (Å²) in [5, 5.41) is 3.26. The molecule has 2 rings (SSSR count). The summed E-state index contributed by atoms with van der Waals surface area (Å²) in [4.78, 5) is 1.13. The number of hydrogen-bond acceptors (Lipinski definition) is 2. The Bertz CT molecular complexity index is 522. The fraction of sp³-hybridized carbons (Fsp3) is 0.167. The molecular formula is C12H10BrClFNS. The zero-order valence-corrected chi connectivity index (χ0v) is 12.2. The molecule has 0 aliphatic rings.